The lowest BCUT2D eigenvalue weighted by Gasteiger charge is -2.29. The largest absolute Gasteiger partial charge is 0.440 e. The van der Waals surface area contributed by atoms with Crippen molar-refractivity contribution in [3.63, 3.8) is 0 Å². The fourth-order valence-electron chi connectivity index (χ4n) is 2.98. The predicted molar refractivity (Wildman–Crippen MR) is 98.9 cm³/mol. The maximum Gasteiger partial charge on any atom is 0.440 e. The third kappa shape index (κ3) is 3.94. The maximum absolute atomic E-state index is 13.8. The van der Waals surface area contributed by atoms with Gasteiger partial charge in [-0.15, -0.1) is 0 Å². The predicted octanol–water partition coefficient (Wildman–Crippen LogP) is 3.06. The number of urea groups is 1. The smallest absolute Gasteiger partial charge is 0.318 e. The second-order valence-electron chi connectivity index (χ2n) is 6.69. The lowest BCUT2D eigenvalue weighted by atomic mass is 10.1. The minimum Gasteiger partial charge on any atom is -0.318 e. The average Bonchev–Trinajstić information content (AvgIpc) is 2.92. The van der Waals surface area contributed by atoms with Crippen LogP contribution in [0.2, 0.25) is 0 Å². The molecule has 1 aliphatic rings. The van der Waals surface area contributed by atoms with Crippen LogP contribution >= 0.6 is 0 Å². The number of nitrogens with zero attached hydrogens (tertiary/aromatic N) is 1. The first-order valence-electron chi connectivity index (χ1n) is 8.79. The molecule has 1 fully saturated rings. The molecule has 3 rings (SSSR count). The van der Waals surface area contributed by atoms with E-state index in [9.17, 15) is 27.6 Å². The van der Waals surface area contributed by atoms with Gasteiger partial charge in [0.15, 0.2) is 0 Å². The summed E-state index contributed by atoms with van der Waals surface area (Å²) in [6.07, 6.45) is -5.33. The Hall–Kier alpha value is -3.36. The van der Waals surface area contributed by atoms with Crippen molar-refractivity contribution in [1.82, 2.24) is 10.6 Å². The number of carbonyl (C=O) groups is 3. The first-order valence-corrected chi connectivity index (χ1v) is 8.79. The lowest BCUT2D eigenvalue weighted by Crippen LogP contribution is -2.69. The van der Waals surface area contributed by atoms with Crippen molar-refractivity contribution in [2.45, 2.75) is 31.6 Å². The molecular weight excluding hydrogens is 387 g/mol. The van der Waals surface area contributed by atoms with Crippen LogP contribution in [0.15, 0.2) is 54.6 Å². The minimum atomic E-state index is -5.23. The molecule has 2 aromatic carbocycles. The van der Waals surface area contributed by atoms with Gasteiger partial charge in [-0.2, -0.15) is 13.2 Å². The molecule has 9 heteroatoms. The van der Waals surface area contributed by atoms with Crippen LogP contribution in [0, 0.1) is 6.92 Å². The van der Waals surface area contributed by atoms with Crippen molar-refractivity contribution >= 4 is 23.5 Å². The van der Waals surface area contributed by atoms with E-state index in [-0.39, 0.29) is 18.5 Å². The van der Waals surface area contributed by atoms with Gasteiger partial charge in [0, 0.05) is 6.42 Å². The molecule has 1 saturated heterocycles. The molecule has 0 aromatic heterocycles. The summed E-state index contributed by atoms with van der Waals surface area (Å²) in [6, 6.07) is 13.3. The van der Waals surface area contributed by atoms with Gasteiger partial charge >= 0.3 is 12.2 Å². The van der Waals surface area contributed by atoms with Crippen molar-refractivity contribution in [2.75, 3.05) is 4.90 Å². The van der Waals surface area contributed by atoms with Crippen molar-refractivity contribution < 1.29 is 27.6 Å². The number of halogens is 3. The van der Waals surface area contributed by atoms with Gasteiger partial charge < -0.3 is 5.32 Å². The Morgan fingerprint density at radius 3 is 2.28 bits per heavy atom. The third-order valence-electron chi connectivity index (χ3n) is 4.55. The summed E-state index contributed by atoms with van der Waals surface area (Å²) >= 11 is 0. The van der Waals surface area contributed by atoms with E-state index in [0.717, 1.165) is 11.1 Å². The normalized spacial score (nSPS) is 19.2. The molecule has 2 N–H and O–H groups in total. The SMILES string of the molecule is Cc1ccc(N2C(=O)N[C@@](NC(=O)CCc3ccccc3)(C(F)(F)F)C2=O)cc1. The lowest BCUT2D eigenvalue weighted by molar-refractivity contribution is -0.201. The number of hydrogen-bond acceptors (Lipinski definition) is 3. The molecule has 1 atom stereocenters. The maximum atomic E-state index is 13.8. The molecular formula is C20H18F3N3O3. The number of alkyl halides is 3. The monoisotopic (exact) mass is 405 g/mol. The Morgan fingerprint density at radius 2 is 1.69 bits per heavy atom. The number of nitrogens with one attached hydrogen (secondary N) is 2. The first-order chi connectivity index (χ1) is 13.6. The van der Waals surface area contributed by atoms with E-state index in [2.05, 4.69) is 0 Å². The van der Waals surface area contributed by atoms with Gasteiger partial charge in [0.05, 0.1) is 5.69 Å². The Kier molecular flexibility index (Phi) is 5.32. The summed E-state index contributed by atoms with van der Waals surface area (Å²) < 4.78 is 41.5. The average molecular weight is 405 g/mol. The van der Waals surface area contributed by atoms with E-state index in [1.54, 1.807) is 60.0 Å². The van der Waals surface area contributed by atoms with Crippen LogP contribution in [0.1, 0.15) is 17.5 Å². The molecule has 152 valence electrons. The van der Waals surface area contributed by atoms with E-state index < -0.39 is 29.7 Å². The summed E-state index contributed by atoms with van der Waals surface area (Å²) in [5.41, 5.74) is -1.98. The summed E-state index contributed by atoms with van der Waals surface area (Å²) in [5.74, 6) is -2.61. The molecule has 0 radical (unpaired) electrons. The molecule has 0 unspecified atom stereocenters. The number of carbonyl (C=O) groups excluding carboxylic acids is 3. The number of benzene rings is 2. The number of imide groups is 1. The Balaban J connectivity index is 1.83. The second kappa shape index (κ2) is 7.57. The second-order valence-corrected chi connectivity index (χ2v) is 6.69. The van der Waals surface area contributed by atoms with Crippen LogP contribution in [0.4, 0.5) is 23.7 Å². The third-order valence-corrected chi connectivity index (χ3v) is 4.55. The van der Waals surface area contributed by atoms with Crippen molar-refractivity contribution in [1.29, 1.82) is 0 Å². The number of hydrogen-bond donors (Lipinski definition) is 2. The van der Waals surface area contributed by atoms with Crippen LogP contribution in [0.25, 0.3) is 0 Å². The number of amides is 4. The van der Waals surface area contributed by atoms with Crippen molar-refractivity contribution in [2.24, 2.45) is 0 Å². The van der Waals surface area contributed by atoms with E-state index in [1.807, 2.05) is 0 Å². The quantitative estimate of drug-likeness (QED) is 0.751. The van der Waals surface area contributed by atoms with Gasteiger partial charge in [0.2, 0.25) is 5.91 Å². The molecule has 0 spiro atoms. The zero-order chi connectivity index (χ0) is 21.2. The molecule has 2 aromatic rings. The highest BCUT2D eigenvalue weighted by Crippen LogP contribution is 2.35. The topological polar surface area (TPSA) is 78.5 Å². The molecule has 1 aliphatic heterocycles. The molecule has 29 heavy (non-hydrogen) atoms. The Morgan fingerprint density at radius 1 is 1.07 bits per heavy atom. The minimum absolute atomic E-state index is 0.0252. The molecule has 4 amide bonds. The van der Waals surface area contributed by atoms with Gasteiger partial charge in [-0.25, -0.2) is 9.69 Å². The molecule has 0 saturated carbocycles. The Bertz CT molecular complexity index is 929. The molecule has 1 heterocycles. The van der Waals surface area contributed by atoms with Crippen LogP contribution in [-0.2, 0) is 16.0 Å². The summed E-state index contributed by atoms with van der Waals surface area (Å²) in [4.78, 5) is 37.5. The van der Waals surface area contributed by atoms with Gasteiger partial charge in [-0.05, 0) is 31.0 Å². The fourth-order valence-corrected chi connectivity index (χ4v) is 2.98. The number of aryl methyl sites for hydroxylation is 2. The van der Waals surface area contributed by atoms with Crippen molar-refractivity contribution in [3.05, 3.63) is 65.7 Å². The highest BCUT2D eigenvalue weighted by molar-refractivity contribution is 6.24. The van der Waals surface area contributed by atoms with Crippen LogP contribution in [-0.4, -0.2) is 29.7 Å². The number of rotatable bonds is 5. The molecule has 6 nitrogen and oxygen atoms in total. The van der Waals surface area contributed by atoms with E-state index in [4.69, 9.17) is 0 Å². The van der Waals surface area contributed by atoms with Gasteiger partial charge in [-0.3, -0.25) is 14.9 Å². The van der Waals surface area contributed by atoms with E-state index >= 15 is 0 Å². The van der Waals surface area contributed by atoms with Gasteiger partial charge in [0.25, 0.3) is 11.6 Å². The van der Waals surface area contributed by atoms with Crippen LogP contribution < -0.4 is 15.5 Å². The number of anilines is 1. The van der Waals surface area contributed by atoms with Crippen LogP contribution in [0.3, 0.4) is 0 Å². The van der Waals surface area contributed by atoms with E-state index in [1.165, 1.54) is 12.1 Å². The zero-order valence-corrected chi connectivity index (χ0v) is 15.4. The summed E-state index contributed by atoms with van der Waals surface area (Å²) in [5, 5.41) is 3.34. The highest BCUT2D eigenvalue weighted by atomic mass is 19.4. The zero-order valence-electron chi connectivity index (χ0n) is 15.4. The highest BCUT2D eigenvalue weighted by Gasteiger charge is 2.69. The first kappa shape index (κ1) is 20.4. The van der Waals surface area contributed by atoms with Crippen molar-refractivity contribution in [3.8, 4) is 0 Å². The Labute approximate surface area is 164 Å². The molecule has 0 bridgehead atoms. The summed E-state index contributed by atoms with van der Waals surface area (Å²) in [6.45, 7) is 1.75. The standard InChI is InChI=1S/C20H18F3N3O3/c1-13-7-10-15(11-8-13)26-17(28)19(20(21,22)23,25-18(26)29)24-16(27)12-9-14-5-3-2-4-6-14/h2-8,10-11H,9,12H2,1H3,(H,24,27)(H,25,29)/t19-/m1/s1. The van der Waals surface area contributed by atoms with Gasteiger partial charge in [-0.1, -0.05) is 48.0 Å². The van der Waals surface area contributed by atoms with Gasteiger partial charge in [0.1, 0.15) is 0 Å². The summed E-state index contributed by atoms with van der Waals surface area (Å²) in [7, 11) is 0. The fraction of sp³-hybridized carbons (Fsp3) is 0.250. The van der Waals surface area contributed by atoms with E-state index in [0.29, 0.717) is 4.90 Å². The van der Waals surface area contributed by atoms with Crippen LogP contribution in [0.5, 0.6) is 0 Å². The molecule has 0 aliphatic carbocycles.